The molecule has 0 spiro atoms. The number of hydrogen-bond acceptors (Lipinski definition) is 3. The number of carbonyl (C=O) groups is 1. The van der Waals surface area contributed by atoms with E-state index in [1.54, 1.807) is 12.1 Å². The van der Waals surface area contributed by atoms with Crippen molar-refractivity contribution in [2.75, 3.05) is 0 Å². The summed E-state index contributed by atoms with van der Waals surface area (Å²) in [4.78, 5) is 11.0. The van der Waals surface area contributed by atoms with Crippen molar-refractivity contribution in [3.8, 4) is 5.75 Å². The summed E-state index contributed by atoms with van der Waals surface area (Å²) in [6.07, 6.45) is 0.0171. The average Bonchev–Trinajstić information content (AvgIpc) is 2.24. The minimum Gasteiger partial charge on any atom is -0.508 e. The van der Waals surface area contributed by atoms with Gasteiger partial charge in [0.05, 0.1) is 12.0 Å². The van der Waals surface area contributed by atoms with Gasteiger partial charge in [-0.2, -0.15) is 0 Å². The number of carboxylic acid groups (broad SMARTS) is 1. The van der Waals surface area contributed by atoms with Crippen LogP contribution in [-0.4, -0.2) is 21.3 Å². The fourth-order valence-electron chi connectivity index (χ4n) is 1.67. The third-order valence-corrected chi connectivity index (χ3v) is 2.51. The van der Waals surface area contributed by atoms with Crippen molar-refractivity contribution in [3.05, 3.63) is 29.8 Å². The van der Waals surface area contributed by atoms with Gasteiger partial charge in [-0.25, -0.2) is 0 Å². The van der Waals surface area contributed by atoms with Crippen LogP contribution in [0.3, 0.4) is 0 Å². The van der Waals surface area contributed by atoms with Crippen molar-refractivity contribution in [2.24, 2.45) is 5.92 Å². The third-order valence-electron chi connectivity index (χ3n) is 2.51. The number of phenols is 1. The van der Waals surface area contributed by atoms with Gasteiger partial charge in [0.15, 0.2) is 0 Å². The van der Waals surface area contributed by atoms with E-state index >= 15 is 0 Å². The highest BCUT2D eigenvalue weighted by molar-refractivity contribution is 5.71. The number of aromatic hydroxyl groups is 1. The van der Waals surface area contributed by atoms with E-state index < -0.39 is 18.0 Å². The van der Waals surface area contributed by atoms with Crippen molar-refractivity contribution in [1.29, 1.82) is 0 Å². The molecule has 3 N–H and O–H groups in total. The summed E-state index contributed by atoms with van der Waals surface area (Å²) in [5, 5.41) is 28.2. The zero-order valence-electron chi connectivity index (χ0n) is 9.13. The van der Waals surface area contributed by atoms with E-state index in [2.05, 4.69) is 0 Å². The van der Waals surface area contributed by atoms with Crippen molar-refractivity contribution in [3.63, 3.8) is 0 Å². The Balaban J connectivity index is 2.89. The second-order valence-corrected chi connectivity index (χ2v) is 3.77. The third kappa shape index (κ3) is 2.97. The van der Waals surface area contributed by atoms with Gasteiger partial charge in [0, 0.05) is 0 Å². The number of aliphatic carboxylic acids is 1. The molecule has 0 aliphatic heterocycles. The smallest absolute Gasteiger partial charge is 0.309 e. The lowest BCUT2D eigenvalue weighted by molar-refractivity contribution is -0.146. The largest absolute Gasteiger partial charge is 0.508 e. The molecule has 0 aromatic heterocycles. The Morgan fingerprint density at radius 3 is 2.62 bits per heavy atom. The highest BCUT2D eigenvalue weighted by atomic mass is 16.4. The van der Waals surface area contributed by atoms with E-state index in [0.717, 1.165) is 0 Å². The van der Waals surface area contributed by atoms with Gasteiger partial charge in [0.25, 0.3) is 0 Å². The maximum atomic E-state index is 11.0. The quantitative estimate of drug-likeness (QED) is 0.714. The Hall–Kier alpha value is -1.55. The molecule has 1 rings (SSSR count). The van der Waals surface area contributed by atoms with Crippen molar-refractivity contribution >= 4 is 5.97 Å². The molecule has 1 aromatic carbocycles. The molecule has 0 amide bonds. The molecule has 2 unspecified atom stereocenters. The first-order valence-corrected chi connectivity index (χ1v) is 5.26. The summed E-state index contributed by atoms with van der Waals surface area (Å²) in [5.74, 6) is -1.82. The molecule has 0 bridgehead atoms. The average molecular weight is 224 g/mol. The van der Waals surface area contributed by atoms with Crippen LogP contribution in [0.15, 0.2) is 24.3 Å². The summed E-state index contributed by atoms with van der Waals surface area (Å²) >= 11 is 0. The van der Waals surface area contributed by atoms with Gasteiger partial charge in [0.1, 0.15) is 5.75 Å². The first-order chi connectivity index (χ1) is 7.56. The fraction of sp³-hybridized carbons (Fsp3) is 0.417. The molecule has 88 valence electrons. The Kier molecular flexibility index (Phi) is 4.31. The molecule has 0 heterocycles. The van der Waals surface area contributed by atoms with Crippen LogP contribution in [0.2, 0.25) is 0 Å². The standard InChI is InChI=1S/C12H16O4/c1-2-4-10(12(15)16)11(14)8-5-3-6-9(13)7-8/h3,5-7,10-11,13-14H,2,4H2,1H3,(H,15,16). The fourth-order valence-corrected chi connectivity index (χ4v) is 1.67. The topological polar surface area (TPSA) is 77.8 Å². The number of aliphatic hydroxyl groups is 1. The van der Waals surface area contributed by atoms with Crippen LogP contribution in [0.5, 0.6) is 5.75 Å². The first kappa shape index (κ1) is 12.5. The lowest BCUT2D eigenvalue weighted by Gasteiger charge is -2.18. The number of phenolic OH excluding ortho intramolecular Hbond substituents is 1. The number of aliphatic hydroxyl groups excluding tert-OH is 1. The minimum absolute atomic E-state index is 0.0252. The molecule has 1 aromatic rings. The van der Waals surface area contributed by atoms with E-state index in [-0.39, 0.29) is 5.75 Å². The molecule has 0 saturated carbocycles. The molecule has 0 aliphatic carbocycles. The highest BCUT2D eigenvalue weighted by Gasteiger charge is 2.26. The maximum absolute atomic E-state index is 11.0. The number of rotatable bonds is 5. The van der Waals surface area contributed by atoms with Crippen molar-refractivity contribution in [2.45, 2.75) is 25.9 Å². The van der Waals surface area contributed by atoms with Crippen LogP contribution in [0.4, 0.5) is 0 Å². The van der Waals surface area contributed by atoms with Gasteiger partial charge < -0.3 is 15.3 Å². The first-order valence-electron chi connectivity index (χ1n) is 5.26. The summed E-state index contributed by atoms with van der Waals surface area (Å²) < 4.78 is 0. The van der Waals surface area contributed by atoms with Gasteiger partial charge in [-0.1, -0.05) is 25.5 Å². The molecule has 2 atom stereocenters. The Morgan fingerprint density at radius 2 is 2.12 bits per heavy atom. The van der Waals surface area contributed by atoms with Crippen LogP contribution >= 0.6 is 0 Å². The molecule has 4 nitrogen and oxygen atoms in total. The lowest BCUT2D eigenvalue weighted by atomic mass is 9.92. The SMILES string of the molecule is CCCC(C(=O)O)C(O)c1cccc(O)c1. The van der Waals surface area contributed by atoms with Gasteiger partial charge in [-0.15, -0.1) is 0 Å². The van der Waals surface area contributed by atoms with Gasteiger partial charge in [0.2, 0.25) is 0 Å². The van der Waals surface area contributed by atoms with Crippen molar-refractivity contribution < 1.29 is 20.1 Å². The van der Waals surface area contributed by atoms with Crippen molar-refractivity contribution in [1.82, 2.24) is 0 Å². The lowest BCUT2D eigenvalue weighted by Crippen LogP contribution is -2.21. The summed E-state index contributed by atoms with van der Waals surface area (Å²) in [7, 11) is 0. The summed E-state index contributed by atoms with van der Waals surface area (Å²) in [5.41, 5.74) is 0.431. The minimum atomic E-state index is -1.08. The predicted octanol–water partition coefficient (Wildman–Crippen LogP) is 1.93. The molecule has 0 radical (unpaired) electrons. The van der Waals surface area contributed by atoms with Crippen LogP contribution in [-0.2, 0) is 4.79 Å². The van der Waals surface area contributed by atoms with E-state index in [9.17, 15) is 15.0 Å². The van der Waals surface area contributed by atoms with Gasteiger partial charge in [-0.05, 0) is 24.1 Å². The van der Waals surface area contributed by atoms with Crippen LogP contribution in [0.25, 0.3) is 0 Å². The Bertz CT molecular complexity index is 362. The van der Waals surface area contributed by atoms with Crippen LogP contribution < -0.4 is 0 Å². The number of carboxylic acids is 1. The molecule has 0 saturated heterocycles. The van der Waals surface area contributed by atoms with E-state index in [1.807, 2.05) is 6.92 Å². The second-order valence-electron chi connectivity index (χ2n) is 3.77. The van der Waals surface area contributed by atoms with Gasteiger partial charge in [-0.3, -0.25) is 4.79 Å². The van der Waals surface area contributed by atoms with E-state index in [4.69, 9.17) is 5.11 Å². The van der Waals surface area contributed by atoms with Crippen LogP contribution in [0.1, 0.15) is 31.4 Å². The highest BCUT2D eigenvalue weighted by Crippen LogP contribution is 2.27. The zero-order valence-corrected chi connectivity index (χ0v) is 9.13. The normalized spacial score (nSPS) is 14.4. The molecule has 16 heavy (non-hydrogen) atoms. The molecule has 0 fully saturated rings. The zero-order chi connectivity index (χ0) is 12.1. The number of benzene rings is 1. The molecular weight excluding hydrogens is 208 g/mol. The second kappa shape index (κ2) is 5.51. The predicted molar refractivity (Wildman–Crippen MR) is 59.1 cm³/mol. The molecule has 0 aliphatic rings. The van der Waals surface area contributed by atoms with E-state index in [1.165, 1.54) is 12.1 Å². The number of hydrogen-bond donors (Lipinski definition) is 3. The van der Waals surface area contributed by atoms with E-state index in [0.29, 0.717) is 18.4 Å². The Labute approximate surface area is 94.2 Å². The van der Waals surface area contributed by atoms with Gasteiger partial charge >= 0.3 is 5.97 Å². The summed E-state index contributed by atoms with van der Waals surface area (Å²) in [6.45, 7) is 1.87. The summed E-state index contributed by atoms with van der Waals surface area (Å²) in [6, 6.07) is 6.05. The Morgan fingerprint density at radius 1 is 1.44 bits per heavy atom. The molecule has 4 heteroatoms. The maximum Gasteiger partial charge on any atom is 0.309 e. The molecular formula is C12H16O4. The van der Waals surface area contributed by atoms with Crippen LogP contribution in [0, 0.1) is 5.92 Å². The monoisotopic (exact) mass is 224 g/mol.